The van der Waals surface area contributed by atoms with Crippen LogP contribution in [0, 0.1) is 17.3 Å². The highest BCUT2D eigenvalue weighted by atomic mass is 16.3. The van der Waals surface area contributed by atoms with E-state index in [1.54, 1.807) is 0 Å². The van der Waals surface area contributed by atoms with Crippen molar-refractivity contribution < 1.29 is 5.11 Å². The summed E-state index contributed by atoms with van der Waals surface area (Å²) in [6.45, 7) is 6.57. The van der Waals surface area contributed by atoms with Gasteiger partial charge in [0.15, 0.2) is 0 Å². The quantitative estimate of drug-likeness (QED) is 0.812. The third-order valence-corrected chi connectivity index (χ3v) is 5.95. The predicted molar refractivity (Wildman–Crippen MR) is 85.5 cm³/mol. The molecular weight excluding hydrogens is 246 g/mol. The van der Waals surface area contributed by atoms with Gasteiger partial charge in [-0.05, 0) is 42.9 Å². The topological polar surface area (TPSA) is 46.2 Å². The summed E-state index contributed by atoms with van der Waals surface area (Å²) in [5.41, 5.74) is 5.98. The normalized spacial score (nSPS) is 25.6. The van der Waals surface area contributed by atoms with Crippen molar-refractivity contribution in [3.8, 4) is 0 Å². The summed E-state index contributed by atoms with van der Waals surface area (Å²) in [6.07, 6.45) is 12.5. The van der Waals surface area contributed by atoms with Crippen molar-refractivity contribution in [3.05, 3.63) is 0 Å². The molecule has 20 heavy (non-hydrogen) atoms. The average Bonchev–Trinajstić information content (AvgIpc) is 2.46. The molecule has 1 unspecified atom stereocenters. The van der Waals surface area contributed by atoms with Crippen LogP contribution < -0.4 is 5.73 Å². The van der Waals surface area contributed by atoms with Crippen LogP contribution in [0.2, 0.25) is 0 Å². The predicted octanol–water partition coefficient (Wildman–Crippen LogP) is 4.25. The summed E-state index contributed by atoms with van der Waals surface area (Å²) in [4.78, 5) is 0. The second-order valence-electron chi connectivity index (χ2n) is 8.40. The summed E-state index contributed by atoms with van der Waals surface area (Å²) in [7, 11) is 0. The van der Waals surface area contributed by atoms with Crippen LogP contribution in [0.5, 0.6) is 0 Å². The van der Waals surface area contributed by atoms with Crippen LogP contribution in [0.4, 0.5) is 0 Å². The summed E-state index contributed by atoms with van der Waals surface area (Å²) in [5, 5.41) is 11.7. The Hall–Kier alpha value is -0.0800. The number of nitrogens with two attached hydrogens (primary N) is 1. The van der Waals surface area contributed by atoms with Gasteiger partial charge in [-0.1, -0.05) is 59.3 Å². The minimum atomic E-state index is -0.640. The van der Waals surface area contributed by atoms with E-state index in [-0.39, 0.29) is 11.5 Å². The molecule has 0 spiro atoms. The summed E-state index contributed by atoms with van der Waals surface area (Å²) < 4.78 is 0. The number of hydrogen-bond donors (Lipinski definition) is 2. The van der Waals surface area contributed by atoms with Crippen LogP contribution in [-0.2, 0) is 0 Å². The maximum Gasteiger partial charge on any atom is 0.0858 e. The zero-order valence-electron chi connectivity index (χ0n) is 13.8. The van der Waals surface area contributed by atoms with Crippen LogP contribution in [0.15, 0.2) is 0 Å². The molecule has 2 saturated carbocycles. The number of hydrogen-bond acceptors (Lipinski definition) is 2. The van der Waals surface area contributed by atoms with Crippen LogP contribution in [0.3, 0.4) is 0 Å². The van der Waals surface area contributed by atoms with Gasteiger partial charge < -0.3 is 10.8 Å². The second kappa shape index (κ2) is 6.36. The maximum atomic E-state index is 11.7. The van der Waals surface area contributed by atoms with E-state index in [1.165, 1.54) is 64.2 Å². The SMILES string of the molecule is CC(C)(C)C(N)C(O)(C1CCCCC1)C1CCCCC1. The Morgan fingerprint density at radius 2 is 1.15 bits per heavy atom. The van der Waals surface area contributed by atoms with E-state index in [2.05, 4.69) is 20.8 Å². The van der Waals surface area contributed by atoms with Crippen molar-refractivity contribution in [1.82, 2.24) is 0 Å². The van der Waals surface area contributed by atoms with Crippen molar-refractivity contribution >= 4 is 0 Å². The smallest absolute Gasteiger partial charge is 0.0858 e. The van der Waals surface area contributed by atoms with Crippen LogP contribution in [0.25, 0.3) is 0 Å². The molecule has 0 aromatic rings. The van der Waals surface area contributed by atoms with Gasteiger partial charge in [0, 0.05) is 6.04 Å². The molecule has 0 bridgehead atoms. The fraction of sp³-hybridized carbons (Fsp3) is 1.00. The fourth-order valence-electron chi connectivity index (χ4n) is 4.66. The van der Waals surface area contributed by atoms with E-state index in [0.717, 1.165) is 0 Å². The largest absolute Gasteiger partial charge is 0.388 e. The summed E-state index contributed by atoms with van der Waals surface area (Å²) in [5.74, 6) is 0.849. The first kappa shape index (κ1) is 16.3. The molecule has 3 N–H and O–H groups in total. The Morgan fingerprint density at radius 3 is 1.45 bits per heavy atom. The zero-order chi connectivity index (χ0) is 14.8. The van der Waals surface area contributed by atoms with E-state index < -0.39 is 5.60 Å². The van der Waals surface area contributed by atoms with Crippen molar-refractivity contribution in [3.63, 3.8) is 0 Å². The van der Waals surface area contributed by atoms with Gasteiger partial charge in [-0.15, -0.1) is 0 Å². The summed E-state index contributed by atoms with van der Waals surface area (Å²) in [6, 6.07) is -0.110. The molecule has 2 fully saturated rings. The van der Waals surface area contributed by atoms with Crippen molar-refractivity contribution in [1.29, 1.82) is 0 Å². The first-order chi connectivity index (χ1) is 9.37. The molecule has 0 radical (unpaired) electrons. The lowest BCUT2D eigenvalue weighted by Gasteiger charge is -2.52. The van der Waals surface area contributed by atoms with E-state index in [0.29, 0.717) is 11.8 Å². The van der Waals surface area contributed by atoms with Crippen LogP contribution in [0.1, 0.15) is 85.0 Å². The molecule has 2 heteroatoms. The molecule has 2 aliphatic rings. The van der Waals surface area contributed by atoms with Gasteiger partial charge in [-0.2, -0.15) is 0 Å². The Labute approximate surface area is 125 Å². The molecule has 0 aliphatic heterocycles. The zero-order valence-corrected chi connectivity index (χ0v) is 13.8. The molecule has 2 rings (SSSR count). The molecule has 0 heterocycles. The Morgan fingerprint density at radius 1 is 0.800 bits per heavy atom. The van der Waals surface area contributed by atoms with Crippen molar-refractivity contribution in [2.45, 2.75) is 96.6 Å². The number of aliphatic hydroxyl groups is 1. The molecule has 0 aromatic carbocycles. The Balaban J connectivity index is 2.25. The first-order valence-electron chi connectivity index (χ1n) is 8.84. The highest BCUT2D eigenvalue weighted by molar-refractivity contribution is 5.05. The molecule has 0 saturated heterocycles. The van der Waals surface area contributed by atoms with Crippen molar-refractivity contribution in [2.24, 2.45) is 23.0 Å². The maximum absolute atomic E-state index is 11.7. The highest BCUT2D eigenvalue weighted by Gasteiger charge is 2.51. The Bertz CT molecular complexity index is 277. The minimum absolute atomic E-state index is 0.0242. The molecule has 0 amide bonds. The first-order valence-corrected chi connectivity index (χ1v) is 8.84. The van der Waals surface area contributed by atoms with E-state index in [1.807, 2.05) is 0 Å². The molecule has 2 nitrogen and oxygen atoms in total. The Kier molecular flexibility index (Phi) is 5.18. The third-order valence-electron chi connectivity index (χ3n) is 5.95. The van der Waals surface area contributed by atoms with E-state index >= 15 is 0 Å². The van der Waals surface area contributed by atoms with Gasteiger partial charge in [0.25, 0.3) is 0 Å². The van der Waals surface area contributed by atoms with E-state index in [4.69, 9.17) is 5.73 Å². The molecular formula is C18H35NO. The third kappa shape index (κ3) is 3.22. The molecule has 1 atom stereocenters. The van der Waals surface area contributed by atoms with Gasteiger partial charge in [0.2, 0.25) is 0 Å². The summed E-state index contributed by atoms with van der Waals surface area (Å²) >= 11 is 0. The lowest BCUT2D eigenvalue weighted by Crippen LogP contribution is -2.63. The minimum Gasteiger partial charge on any atom is -0.388 e. The highest BCUT2D eigenvalue weighted by Crippen LogP contribution is 2.47. The standard InChI is InChI=1S/C18H35NO/c1-17(2,3)16(19)18(20,14-10-6-4-7-11-14)15-12-8-5-9-13-15/h14-16,20H,4-13,19H2,1-3H3. The lowest BCUT2D eigenvalue weighted by molar-refractivity contribution is -0.130. The number of rotatable bonds is 3. The fourth-order valence-corrected chi connectivity index (χ4v) is 4.66. The molecule has 2 aliphatic carbocycles. The van der Waals surface area contributed by atoms with Crippen LogP contribution in [-0.4, -0.2) is 16.7 Å². The van der Waals surface area contributed by atoms with Gasteiger partial charge in [0.05, 0.1) is 5.60 Å². The van der Waals surface area contributed by atoms with Crippen molar-refractivity contribution in [2.75, 3.05) is 0 Å². The van der Waals surface area contributed by atoms with Crippen LogP contribution >= 0.6 is 0 Å². The van der Waals surface area contributed by atoms with Gasteiger partial charge in [-0.3, -0.25) is 0 Å². The monoisotopic (exact) mass is 281 g/mol. The van der Waals surface area contributed by atoms with Gasteiger partial charge in [0.1, 0.15) is 0 Å². The van der Waals surface area contributed by atoms with Gasteiger partial charge >= 0.3 is 0 Å². The van der Waals surface area contributed by atoms with Gasteiger partial charge in [-0.25, -0.2) is 0 Å². The lowest BCUT2D eigenvalue weighted by atomic mass is 9.59. The molecule has 0 aromatic heterocycles. The second-order valence-corrected chi connectivity index (χ2v) is 8.40. The average molecular weight is 281 g/mol. The molecule has 118 valence electrons. The van der Waals surface area contributed by atoms with E-state index in [9.17, 15) is 5.11 Å².